The summed E-state index contributed by atoms with van der Waals surface area (Å²) >= 11 is 1.35. The number of benzene rings is 1. The van der Waals surface area contributed by atoms with E-state index in [4.69, 9.17) is 5.73 Å². The molecule has 0 fully saturated rings. The smallest absolute Gasteiger partial charge is 0.253 e. The molecule has 98 valence electrons. The fraction of sp³-hybridized carbons (Fsp3) is 0.273. The average Bonchev–Trinajstić information content (AvgIpc) is 2.31. The van der Waals surface area contributed by atoms with Crippen LogP contribution in [0.15, 0.2) is 24.3 Å². The van der Waals surface area contributed by atoms with E-state index in [0.717, 1.165) is 5.56 Å². The van der Waals surface area contributed by atoms with Gasteiger partial charge in [0, 0.05) is 5.75 Å². The van der Waals surface area contributed by atoms with Crippen molar-refractivity contribution >= 4 is 23.6 Å². The van der Waals surface area contributed by atoms with E-state index >= 15 is 0 Å². The SMILES string of the molecule is NC(=O)CONC(=O)CSCc1ccc(F)cc1. The van der Waals surface area contributed by atoms with Gasteiger partial charge in [0.2, 0.25) is 5.91 Å². The maximum Gasteiger partial charge on any atom is 0.253 e. The fourth-order valence-electron chi connectivity index (χ4n) is 1.06. The summed E-state index contributed by atoms with van der Waals surface area (Å²) < 4.78 is 12.6. The lowest BCUT2D eigenvalue weighted by molar-refractivity contribution is -0.135. The first-order valence-corrected chi connectivity index (χ1v) is 6.24. The standard InChI is InChI=1S/C11H13FN2O3S/c12-9-3-1-8(2-4-9)6-18-7-11(16)14-17-5-10(13)15/h1-4H,5-7H2,(H2,13,15)(H,14,16). The number of hydroxylamine groups is 1. The van der Waals surface area contributed by atoms with Gasteiger partial charge in [0.05, 0.1) is 5.75 Å². The molecular formula is C11H13FN2O3S. The van der Waals surface area contributed by atoms with Gasteiger partial charge in [-0.05, 0) is 17.7 Å². The molecule has 0 aliphatic heterocycles. The van der Waals surface area contributed by atoms with Gasteiger partial charge in [-0.25, -0.2) is 9.87 Å². The Morgan fingerprint density at radius 1 is 1.33 bits per heavy atom. The second-order valence-corrected chi connectivity index (χ2v) is 4.39. The van der Waals surface area contributed by atoms with Crippen LogP contribution in [0.1, 0.15) is 5.56 Å². The van der Waals surface area contributed by atoms with E-state index in [9.17, 15) is 14.0 Å². The molecule has 0 atom stereocenters. The van der Waals surface area contributed by atoms with Crippen molar-refractivity contribution in [1.82, 2.24) is 5.48 Å². The van der Waals surface area contributed by atoms with E-state index in [2.05, 4.69) is 10.3 Å². The summed E-state index contributed by atoms with van der Waals surface area (Å²) in [4.78, 5) is 26.1. The highest BCUT2D eigenvalue weighted by Gasteiger charge is 2.03. The topological polar surface area (TPSA) is 81.4 Å². The number of hydrogen-bond acceptors (Lipinski definition) is 4. The number of carbonyl (C=O) groups excluding carboxylic acids is 2. The second-order valence-electron chi connectivity index (χ2n) is 3.40. The van der Waals surface area contributed by atoms with Gasteiger partial charge in [-0.2, -0.15) is 0 Å². The Morgan fingerprint density at radius 2 is 2.00 bits per heavy atom. The molecule has 5 nitrogen and oxygen atoms in total. The lowest BCUT2D eigenvalue weighted by Crippen LogP contribution is -2.30. The van der Waals surface area contributed by atoms with Gasteiger partial charge in [-0.3, -0.25) is 14.4 Å². The zero-order valence-electron chi connectivity index (χ0n) is 9.52. The minimum Gasteiger partial charge on any atom is -0.368 e. The number of primary amides is 1. The van der Waals surface area contributed by atoms with Crippen molar-refractivity contribution in [2.75, 3.05) is 12.4 Å². The van der Waals surface area contributed by atoms with Crippen molar-refractivity contribution in [2.45, 2.75) is 5.75 Å². The number of carbonyl (C=O) groups is 2. The Hall–Kier alpha value is -1.60. The Morgan fingerprint density at radius 3 is 2.61 bits per heavy atom. The molecule has 0 saturated carbocycles. The van der Waals surface area contributed by atoms with E-state index in [-0.39, 0.29) is 24.1 Å². The predicted octanol–water partition coefficient (Wildman–Crippen LogP) is 0.592. The largest absolute Gasteiger partial charge is 0.368 e. The molecule has 0 aromatic heterocycles. The molecule has 0 bridgehead atoms. The van der Waals surface area contributed by atoms with Crippen LogP contribution in [0.4, 0.5) is 4.39 Å². The molecule has 0 aliphatic rings. The van der Waals surface area contributed by atoms with E-state index < -0.39 is 5.91 Å². The molecule has 0 heterocycles. The first-order chi connectivity index (χ1) is 8.58. The van der Waals surface area contributed by atoms with E-state index in [0.29, 0.717) is 5.75 Å². The van der Waals surface area contributed by atoms with Crippen molar-refractivity contribution in [3.8, 4) is 0 Å². The van der Waals surface area contributed by atoms with Crippen LogP contribution in [0.5, 0.6) is 0 Å². The number of amides is 2. The van der Waals surface area contributed by atoms with Crippen molar-refractivity contribution in [3.05, 3.63) is 35.6 Å². The number of thioether (sulfide) groups is 1. The van der Waals surface area contributed by atoms with Gasteiger partial charge in [0.25, 0.3) is 5.91 Å². The molecule has 0 spiro atoms. The van der Waals surface area contributed by atoms with Crippen molar-refractivity contribution in [2.24, 2.45) is 5.73 Å². The molecule has 1 aromatic carbocycles. The Kier molecular flexibility index (Phi) is 6.16. The van der Waals surface area contributed by atoms with E-state index in [1.54, 1.807) is 12.1 Å². The predicted molar refractivity (Wildman–Crippen MR) is 65.9 cm³/mol. The minimum absolute atomic E-state index is 0.177. The van der Waals surface area contributed by atoms with Crippen molar-refractivity contribution in [3.63, 3.8) is 0 Å². The highest BCUT2D eigenvalue weighted by molar-refractivity contribution is 7.99. The average molecular weight is 272 g/mol. The van der Waals surface area contributed by atoms with E-state index in [1.807, 2.05) is 0 Å². The second kappa shape index (κ2) is 7.67. The Bertz CT molecular complexity index is 411. The molecule has 0 unspecified atom stereocenters. The lowest BCUT2D eigenvalue weighted by atomic mass is 10.2. The van der Waals surface area contributed by atoms with Crippen LogP contribution < -0.4 is 11.2 Å². The highest BCUT2D eigenvalue weighted by atomic mass is 32.2. The van der Waals surface area contributed by atoms with Gasteiger partial charge in [-0.1, -0.05) is 12.1 Å². The van der Waals surface area contributed by atoms with Crippen LogP contribution in [-0.4, -0.2) is 24.2 Å². The molecule has 0 aliphatic carbocycles. The van der Waals surface area contributed by atoms with Gasteiger partial charge in [-0.15, -0.1) is 11.8 Å². The Balaban J connectivity index is 2.15. The highest BCUT2D eigenvalue weighted by Crippen LogP contribution is 2.12. The van der Waals surface area contributed by atoms with Crippen LogP contribution in [0.2, 0.25) is 0 Å². The summed E-state index contributed by atoms with van der Waals surface area (Å²) in [5.41, 5.74) is 7.83. The summed E-state index contributed by atoms with van der Waals surface area (Å²) in [7, 11) is 0. The third-order valence-corrected chi connectivity index (χ3v) is 2.82. The number of hydrogen-bond donors (Lipinski definition) is 2. The number of nitrogens with two attached hydrogens (primary N) is 1. The molecule has 0 radical (unpaired) electrons. The number of nitrogens with one attached hydrogen (secondary N) is 1. The quantitative estimate of drug-likeness (QED) is 0.712. The molecule has 2 amide bonds. The third-order valence-electron chi connectivity index (χ3n) is 1.82. The van der Waals surface area contributed by atoms with Crippen LogP contribution in [-0.2, 0) is 20.2 Å². The molecular weight excluding hydrogens is 259 g/mol. The maximum absolute atomic E-state index is 12.6. The fourth-order valence-corrected chi connectivity index (χ4v) is 1.83. The molecule has 1 rings (SSSR count). The zero-order valence-corrected chi connectivity index (χ0v) is 10.3. The van der Waals surface area contributed by atoms with Crippen LogP contribution in [0, 0.1) is 5.82 Å². The van der Waals surface area contributed by atoms with Crippen molar-refractivity contribution < 1.29 is 18.8 Å². The van der Waals surface area contributed by atoms with Crippen LogP contribution >= 0.6 is 11.8 Å². The molecule has 18 heavy (non-hydrogen) atoms. The zero-order chi connectivity index (χ0) is 13.4. The third kappa shape index (κ3) is 6.21. The summed E-state index contributed by atoms with van der Waals surface area (Å²) in [5.74, 6) is -0.543. The summed E-state index contributed by atoms with van der Waals surface area (Å²) in [5, 5.41) is 0. The van der Waals surface area contributed by atoms with Crippen LogP contribution in [0.3, 0.4) is 0 Å². The van der Waals surface area contributed by atoms with Gasteiger partial charge in [0.15, 0.2) is 6.61 Å². The first kappa shape index (κ1) is 14.5. The number of halogens is 1. The number of rotatable bonds is 7. The summed E-state index contributed by atoms with van der Waals surface area (Å²) in [6, 6.07) is 6.05. The maximum atomic E-state index is 12.6. The Labute approximate surface area is 108 Å². The van der Waals surface area contributed by atoms with Gasteiger partial charge >= 0.3 is 0 Å². The van der Waals surface area contributed by atoms with Crippen LogP contribution in [0.25, 0.3) is 0 Å². The normalized spacial score (nSPS) is 10.1. The van der Waals surface area contributed by atoms with Gasteiger partial charge in [0.1, 0.15) is 5.82 Å². The molecule has 7 heteroatoms. The molecule has 3 N–H and O–H groups in total. The monoisotopic (exact) mass is 272 g/mol. The van der Waals surface area contributed by atoms with Gasteiger partial charge < -0.3 is 5.73 Å². The van der Waals surface area contributed by atoms with Crippen molar-refractivity contribution in [1.29, 1.82) is 0 Å². The minimum atomic E-state index is -0.658. The lowest BCUT2D eigenvalue weighted by Gasteiger charge is -2.04. The molecule has 1 aromatic rings. The first-order valence-electron chi connectivity index (χ1n) is 5.09. The summed E-state index contributed by atoms with van der Waals surface area (Å²) in [6.45, 7) is -0.353. The molecule has 0 saturated heterocycles. The summed E-state index contributed by atoms with van der Waals surface area (Å²) in [6.07, 6.45) is 0. The van der Waals surface area contributed by atoms with E-state index in [1.165, 1.54) is 23.9 Å².